The molecule has 1 atom stereocenters. The molecule has 4 heterocycles. The van der Waals surface area contributed by atoms with Crippen LogP contribution >= 0.6 is 11.6 Å². The van der Waals surface area contributed by atoms with Crippen LogP contribution in [0.3, 0.4) is 0 Å². The second-order valence-corrected chi connectivity index (χ2v) is 12.1. The van der Waals surface area contributed by atoms with E-state index in [9.17, 15) is 14.7 Å². The monoisotopic (exact) mass is 552 g/mol. The number of aromatic nitrogens is 2. The van der Waals surface area contributed by atoms with E-state index in [1.54, 1.807) is 16.0 Å². The van der Waals surface area contributed by atoms with Gasteiger partial charge in [0.25, 0.3) is 5.91 Å². The third-order valence-corrected chi connectivity index (χ3v) is 8.03. The summed E-state index contributed by atoms with van der Waals surface area (Å²) in [7, 11) is 0. The van der Waals surface area contributed by atoms with Crippen molar-refractivity contribution in [3.05, 3.63) is 52.3 Å². The topological polar surface area (TPSA) is 108 Å². The summed E-state index contributed by atoms with van der Waals surface area (Å²) in [6, 6.07) is 5.82. The summed E-state index contributed by atoms with van der Waals surface area (Å²) in [6.07, 6.45) is 4.78. The molecule has 0 radical (unpaired) electrons. The van der Waals surface area contributed by atoms with Crippen LogP contribution in [0.25, 0.3) is 22.2 Å². The van der Waals surface area contributed by atoms with Crippen LogP contribution in [-0.2, 0) is 27.2 Å². The van der Waals surface area contributed by atoms with Crippen LogP contribution in [-0.4, -0.2) is 74.4 Å². The number of halogens is 1. The first-order valence-corrected chi connectivity index (χ1v) is 13.8. The Morgan fingerprint density at radius 1 is 1.21 bits per heavy atom. The molecule has 1 saturated carbocycles. The van der Waals surface area contributed by atoms with Crippen LogP contribution in [0.15, 0.2) is 30.6 Å². The van der Waals surface area contributed by atoms with Gasteiger partial charge in [-0.3, -0.25) is 9.69 Å². The highest BCUT2D eigenvalue weighted by atomic mass is 35.5. The lowest BCUT2D eigenvalue weighted by molar-refractivity contribution is -0.143. The lowest BCUT2D eigenvalue weighted by Crippen LogP contribution is -2.47. The predicted molar refractivity (Wildman–Crippen MR) is 146 cm³/mol. The van der Waals surface area contributed by atoms with E-state index < -0.39 is 23.3 Å². The summed E-state index contributed by atoms with van der Waals surface area (Å²) >= 11 is 6.39. The van der Waals surface area contributed by atoms with E-state index in [1.807, 2.05) is 33.0 Å². The number of nitrogens with one attached hydrogen (secondary N) is 1. The third kappa shape index (κ3) is 4.99. The quantitative estimate of drug-likeness (QED) is 0.491. The Bertz CT molecular complexity index is 1460. The summed E-state index contributed by atoms with van der Waals surface area (Å²) in [4.78, 5) is 37.5. The highest BCUT2D eigenvalue weighted by Gasteiger charge is 2.50. The first-order chi connectivity index (χ1) is 18.5. The molecule has 3 aromatic rings. The van der Waals surface area contributed by atoms with E-state index in [2.05, 4.69) is 22.1 Å². The first-order valence-electron chi connectivity index (χ1n) is 13.4. The summed E-state index contributed by atoms with van der Waals surface area (Å²) in [5.41, 5.74) is 3.70. The summed E-state index contributed by atoms with van der Waals surface area (Å²) in [5.74, 6) is -0.219. The minimum absolute atomic E-state index is 0.219. The van der Waals surface area contributed by atoms with Gasteiger partial charge in [0.15, 0.2) is 0 Å². The molecular formula is C29H33ClN4O5. The Morgan fingerprint density at radius 2 is 2.00 bits per heavy atom. The van der Waals surface area contributed by atoms with Crippen LogP contribution < -0.4 is 0 Å². The molecule has 39 heavy (non-hydrogen) atoms. The molecule has 1 aromatic carbocycles. The third-order valence-electron chi connectivity index (χ3n) is 7.72. The number of amides is 2. The molecule has 2 aliphatic heterocycles. The van der Waals surface area contributed by atoms with Gasteiger partial charge in [-0.25, -0.2) is 9.78 Å². The zero-order valence-corrected chi connectivity index (χ0v) is 23.2. The van der Waals surface area contributed by atoms with Crippen molar-refractivity contribution in [1.29, 1.82) is 0 Å². The average Bonchev–Trinajstić information content (AvgIpc) is 3.57. The zero-order valence-electron chi connectivity index (χ0n) is 22.4. The van der Waals surface area contributed by atoms with Crippen molar-refractivity contribution in [2.75, 3.05) is 26.3 Å². The number of rotatable bonds is 3. The van der Waals surface area contributed by atoms with Gasteiger partial charge in [0, 0.05) is 43.0 Å². The van der Waals surface area contributed by atoms with Crippen LogP contribution in [0.2, 0.25) is 5.02 Å². The molecule has 2 N–H and O–H groups in total. The highest BCUT2D eigenvalue weighted by Crippen LogP contribution is 2.41. The SMILES string of the molecule is CC(C)(C)OC(=O)N1CCOC[C@H]1c1cc(-c2cnc3[nH]cc(Cl)c3c2)cc2c1CN(C(=O)C1(O)CC1)CC2. The molecule has 3 aliphatic rings. The minimum Gasteiger partial charge on any atom is -0.444 e. The first kappa shape index (κ1) is 26.1. The molecule has 0 unspecified atom stereocenters. The fraction of sp³-hybridized carbons (Fsp3) is 0.483. The maximum atomic E-state index is 13.3. The molecule has 9 nitrogen and oxygen atoms in total. The Kier molecular flexibility index (Phi) is 6.36. The standard InChI is InChI=1S/C29H33ClN4O5/c1-28(2,3)39-27(36)34-8-9-38-16-24(34)20-11-18(19-12-21-23(30)14-32-25(21)31-13-19)10-17-4-7-33(15-22(17)20)26(35)29(37)5-6-29/h10-14,24,37H,4-9,15-16H2,1-3H3,(H,31,32)/t24-/m0/s1. The Balaban J connectivity index is 1.44. The van der Waals surface area contributed by atoms with E-state index in [0.717, 1.165) is 33.2 Å². The maximum absolute atomic E-state index is 13.3. The van der Waals surface area contributed by atoms with Gasteiger partial charge in [-0.05, 0) is 74.4 Å². The largest absolute Gasteiger partial charge is 0.444 e. The summed E-state index contributed by atoms with van der Waals surface area (Å²) in [5, 5.41) is 12.0. The van der Waals surface area contributed by atoms with Crippen LogP contribution in [0.4, 0.5) is 4.79 Å². The molecule has 1 aliphatic carbocycles. The fourth-order valence-electron chi connectivity index (χ4n) is 5.49. The lowest BCUT2D eigenvalue weighted by atomic mass is 9.86. The van der Waals surface area contributed by atoms with Gasteiger partial charge in [0.1, 0.15) is 16.8 Å². The van der Waals surface area contributed by atoms with Crippen molar-refractivity contribution >= 4 is 34.6 Å². The van der Waals surface area contributed by atoms with Gasteiger partial charge in [-0.2, -0.15) is 0 Å². The van der Waals surface area contributed by atoms with E-state index in [1.165, 1.54) is 0 Å². The van der Waals surface area contributed by atoms with Crippen molar-refractivity contribution in [3.63, 3.8) is 0 Å². The molecule has 2 aromatic heterocycles. The van der Waals surface area contributed by atoms with Crippen molar-refractivity contribution in [3.8, 4) is 11.1 Å². The van der Waals surface area contributed by atoms with Gasteiger partial charge in [-0.1, -0.05) is 17.7 Å². The maximum Gasteiger partial charge on any atom is 0.410 e. The molecule has 206 valence electrons. The number of pyridine rings is 1. The van der Waals surface area contributed by atoms with Crippen molar-refractivity contribution in [1.82, 2.24) is 19.8 Å². The summed E-state index contributed by atoms with van der Waals surface area (Å²) < 4.78 is 11.6. The molecule has 0 bridgehead atoms. The van der Waals surface area contributed by atoms with E-state index in [4.69, 9.17) is 21.1 Å². The number of aromatic amines is 1. The number of aliphatic hydroxyl groups is 1. The predicted octanol–water partition coefficient (Wildman–Crippen LogP) is 4.60. The number of ether oxygens (including phenoxy) is 2. The highest BCUT2D eigenvalue weighted by molar-refractivity contribution is 6.35. The number of hydrogen-bond acceptors (Lipinski definition) is 6. The molecule has 2 amide bonds. The van der Waals surface area contributed by atoms with Gasteiger partial charge in [-0.15, -0.1) is 0 Å². The lowest BCUT2D eigenvalue weighted by Gasteiger charge is -2.40. The number of hydrogen-bond donors (Lipinski definition) is 2. The molecule has 10 heteroatoms. The number of fused-ring (bicyclic) bond motifs is 2. The molecule has 1 saturated heterocycles. The van der Waals surface area contributed by atoms with Crippen LogP contribution in [0.5, 0.6) is 0 Å². The van der Waals surface area contributed by atoms with Crippen molar-refractivity contribution < 1.29 is 24.2 Å². The van der Waals surface area contributed by atoms with Crippen LogP contribution in [0, 0.1) is 0 Å². The van der Waals surface area contributed by atoms with E-state index in [-0.39, 0.29) is 5.91 Å². The smallest absolute Gasteiger partial charge is 0.410 e. The van der Waals surface area contributed by atoms with E-state index in [0.29, 0.717) is 62.8 Å². The van der Waals surface area contributed by atoms with Gasteiger partial charge in [0.2, 0.25) is 0 Å². The number of nitrogens with zero attached hydrogens (tertiary/aromatic N) is 3. The molecule has 2 fully saturated rings. The summed E-state index contributed by atoms with van der Waals surface area (Å²) in [6.45, 7) is 7.57. The normalized spacial score (nSPS) is 20.6. The van der Waals surface area contributed by atoms with Crippen molar-refractivity contribution in [2.45, 2.75) is 63.8 Å². The van der Waals surface area contributed by atoms with Gasteiger partial charge < -0.3 is 24.5 Å². The Labute approximate surface area is 232 Å². The second kappa shape index (κ2) is 9.50. The second-order valence-electron chi connectivity index (χ2n) is 11.7. The molecular weight excluding hydrogens is 520 g/mol. The average molecular weight is 553 g/mol. The van der Waals surface area contributed by atoms with Gasteiger partial charge >= 0.3 is 6.09 Å². The number of carbonyl (C=O) groups is 2. The number of benzene rings is 1. The zero-order chi connectivity index (χ0) is 27.5. The number of carbonyl (C=O) groups excluding carboxylic acids is 2. The van der Waals surface area contributed by atoms with Crippen LogP contribution in [0.1, 0.15) is 56.3 Å². The van der Waals surface area contributed by atoms with Gasteiger partial charge in [0.05, 0.1) is 24.3 Å². The van der Waals surface area contributed by atoms with Crippen molar-refractivity contribution in [2.24, 2.45) is 0 Å². The Hall–Kier alpha value is -3.14. The molecule has 0 spiro atoms. The number of morpholine rings is 1. The van der Waals surface area contributed by atoms with E-state index >= 15 is 0 Å². The Morgan fingerprint density at radius 3 is 2.74 bits per heavy atom. The molecule has 6 rings (SSSR count). The fourth-order valence-corrected chi connectivity index (χ4v) is 5.69. The number of H-pyrrole nitrogens is 1. The minimum atomic E-state index is -1.23.